The van der Waals surface area contributed by atoms with Crippen LogP contribution < -0.4 is 5.32 Å². The molecule has 1 N–H and O–H groups in total. The van der Waals surface area contributed by atoms with Crippen molar-refractivity contribution in [3.63, 3.8) is 0 Å². The molecule has 1 aromatic heterocycles. The van der Waals surface area contributed by atoms with Crippen LogP contribution in [-0.2, 0) is 9.59 Å². The first kappa shape index (κ1) is 14.8. The molecule has 102 valence electrons. The number of nitrogens with zero attached hydrogens (tertiary/aromatic N) is 1. The molecule has 1 aliphatic rings. The smallest absolute Gasteiger partial charge is 0.243 e. The van der Waals surface area contributed by atoms with Gasteiger partial charge in [0.05, 0.1) is 26.7 Å². The fourth-order valence-corrected chi connectivity index (χ4v) is 4.62. The van der Waals surface area contributed by atoms with Gasteiger partial charge in [-0.1, -0.05) is 0 Å². The summed E-state index contributed by atoms with van der Waals surface area (Å²) >= 11 is 8.05. The number of hydrogen-bond donors (Lipinski definition) is 1. The Morgan fingerprint density at radius 1 is 1.53 bits per heavy atom. The molecule has 0 spiro atoms. The third-order valence-corrected chi connectivity index (χ3v) is 5.18. The van der Waals surface area contributed by atoms with Crippen LogP contribution in [0.25, 0.3) is 0 Å². The van der Waals surface area contributed by atoms with Crippen LogP contribution in [0.15, 0.2) is 13.6 Å². The largest absolute Gasteiger partial charge is 0.294 e. The minimum atomic E-state index is -0.484. The number of carbonyl (C=O) groups is 3. The quantitative estimate of drug-likeness (QED) is 0.610. The lowest BCUT2D eigenvalue weighted by Gasteiger charge is -2.30. The standard InChI is InChI=1S/C11H10Br2N2O3S/c1-5-11(18)14-9(17)4-15(5)3-7(16)6-2-8(12)19-10(6)13/h2,5H,3-4H2,1H3,(H,14,17,18). The van der Waals surface area contributed by atoms with Gasteiger partial charge in [-0.05, 0) is 44.8 Å². The molecule has 1 aromatic rings. The molecule has 1 fully saturated rings. The Morgan fingerprint density at radius 2 is 2.21 bits per heavy atom. The number of rotatable bonds is 3. The second-order valence-corrected chi connectivity index (χ2v) is 7.90. The minimum absolute atomic E-state index is 0.0437. The monoisotopic (exact) mass is 408 g/mol. The molecule has 19 heavy (non-hydrogen) atoms. The third-order valence-electron chi connectivity index (χ3n) is 2.84. The molecule has 2 heterocycles. The molecular weight excluding hydrogens is 400 g/mol. The van der Waals surface area contributed by atoms with Gasteiger partial charge in [-0.2, -0.15) is 0 Å². The molecule has 0 aliphatic carbocycles. The second-order valence-electron chi connectivity index (χ2n) is 4.15. The summed E-state index contributed by atoms with van der Waals surface area (Å²) in [5.41, 5.74) is 0.558. The van der Waals surface area contributed by atoms with Crippen molar-refractivity contribution < 1.29 is 14.4 Å². The predicted molar refractivity (Wildman–Crippen MR) is 78.2 cm³/mol. The predicted octanol–water partition coefficient (Wildman–Crippen LogP) is 1.80. The van der Waals surface area contributed by atoms with Gasteiger partial charge in [0.1, 0.15) is 0 Å². The molecule has 1 aliphatic heterocycles. The van der Waals surface area contributed by atoms with E-state index in [1.807, 2.05) is 0 Å². The van der Waals surface area contributed by atoms with Crippen molar-refractivity contribution in [2.75, 3.05) is 13.1 Å². The zero-order valence-electron chi connectivity index (χ0n) is 9.91. The average molecular weight is 410 g/mol. The highest BCUT2D eigenvalue weighted by molar-refractivity contribution is 9.12. The Hall–Kier alpha value is -0.570. The van der Waals surface area contributed by atoms with Crippen LogP contribution in [0.4, 0.5) is 0 Å². The van der Waals surface area contributed by atoms with Gasteiger partial charge in [-0.25, -0.2) is 0 Å². The minimum Gasteiger partial charge on any atom is -0.294 e. The number of hydrogen-bond acceptors (Lipinski definition) is 5. The topological polar surface area (TPSA) is 66.5 Å². The number of amides is 2. The average Bonchev–Trinajstić information content (AvgIpc) is 2.64. The van der Waals surface area contributed by atoms with E-state index in [-0.39, 0.29) is 30.7 Å². The first-order valence-corrected chi connectivity index (χ1v) is 7.84. The lowest BCUT2D eigenvalue weighted by Crippen LogP contribution is -2.57. The summed E-state index contributed by atoms with van der Waals surface area (Å²) in [4.78, 5) is 36.6. The van der Waals surface area contributed by atoms with Gasteiger partial charge in [-0.3, -0.25) is 24.6 Å². The zero-order chi connectivity index (χ0) is 14.2. The van der Waals surface area contributed by atoms with Crippen molar-refractivity contribution in [2.45, 2.75) is 13.0 Å². The zero-order valence-corrected chi connectivity index (χ0v) is 13.9. The molecule has 0 radical (unpaired) electrons. The van der Waals surface area contributed by atoms with Crippen molar-refractivity contribution in [3.05, 3.63) is 19.2 Å². The van der Waals surface area contributed by atoms with Crippen molar-refractivity contribution in [1.82, 2.24) is 10.2 Å². The molecule has 0 saturated carbocycles. The maximum absolute atomic E-state index is 12.2. The number of ketones is 1. The highest BCUT2D eigenvalue weighted by Crippen LogP contribution is 2.32. The Bertz CT molecular complexity index is 558. The highest BCUT2D eigenvalue weighted by Gasteiger charge is 2.31. The van der Waals surface area contributed by atoms with Gasteiger partial charge in [0.25, 0.3) is 0 Å². The summed E-state index contributed by atoms with van der Waals surface area (Å²) < 4.78 is 1.59. The van der Waals surface area contributed by atoms with Crippen molar-refractivity contribution in [1.29, 1.82) is 0 Å². The van der Waals surface area contributed by atoms with Crippen LogP contribution in [0.1, 0.15) is 17.3 Å². The van der Waals surface area contributed by atoms with Crippen LogP contribution >= 0.6 is 43.2 Å². The highest BCUT2D eigenvalue weighted by atomic mass is 79.9. The number of thiophene rings is 1. The SMILES string of the molecule is CC1C(=O)NC(=O)CN1CC(=O)c1cc(Br)sc1Br. The fraction of sp³-hybridized carbons (Fsp3) is 0.364. The van der Waals surface area contributed by atoms with E-state index in [0.717, 1.165) is 7.57 Å². The first-order chi connectivity index (χ1) is 8.88. The maximum Gasteiger partial charge on any atom is 0.243 e. The number of nitrogens with one attached hydrogen (secondary N) is 1. The Labute approximate surface area is 130 Å². The number of piperazine rings is 1. The lowest BCUT2D eigenvalue weighted by molar-refractivity contribution is -0.139. The van der Waals surface area contributed by atoms with Gasteiger partial charge in [-0.15, -0.1) is 11.3 Å². The van der Waals surface area contributed by atoms with E-state index < -0.39 is 6.04 Å². The molecule has 1 unspecified atom stereocenters. The van der Waals surface area contributed by atoms with Crippen molar-refractivity contribution >= 4 is 60.8 Å². The van der Waals surface area contributed by atoms with E-state index in [0.29, 0.717) is 5.56 Å². The summed E-state index contributed by atoms with van der Waals surface area (Å²) in [6, 6.07) is 1.25. The van der Waals surface area contributed by atoms with Gasteiger partial charge >= 0.3 is 0 Å². The molecule has 1 saturated heterocycles. The van der Waals surface area contributed by atoms with Crippen molar-refractivity contribution in [2.24, 2.45) is 0 Å². The van der Waals surface area contributed by atoms with Crippen molar-refractivity contribution in [3.8, 4) is 0 Å². The van der Waals surface area contributed by atoms with Gasteiger partial charge in [0, 0.05) is 5.56 Å². The van der Waals surface area contributed by atoms with Gasteiger partial charge in [0.2, 0.25) is 11.8 Å². The summed E-state index contributed by atoms with van der Waals surface area (Å²) in [5.74, 6) is -0.862. The van der Waals surface area contributed by atoms with Gasteiger partial charge < -0.3 is 0 Å². The van der Waals surface area contributed by atoms with E-state index in [1.165, 1.54) is 11.3 Å². The Kier molecular flexibility index (Phi) is 4.54. The van der Waals surface area contributed by atoms with E-state index in [4.69, 9.17) is 0 Å². The fourth-order valence-electron chi connectivity index (χ4n) is 1.76. The van der Waals surface area contributed by atoms with Gasteiger partial charge in [0.15, 0.2) is 5.78 Å². The van der Waals surface area contributed by atoms with E-state index in [9.17, 15) is 14.4 Å². The maximum atomic E-state index is 12.2. The molecule has 0 bridgehead atoms. The molecule has 1 atom stereocenters. The summed E-state index contributed by atoms with van der Waals surface area (Å²) in [5, 5.41) is 2.24. The molecule has 2 rings (SSSR count). The molecule has 0 aromatic carbocycles. The Balaban J connectivity index is 2.12. The van der Waals surface area contributed by atoms with E-state index in [1.54, 1.807) is 17.9 Å². The second kappa shape index (κ2) is 5.82. The van der Waals surface area contributed by atoms with Crippen LogP contribution in [-0.4, -0.2) is 41.6 Å². The normalized spacial score (nSPS) is 20.5. The number of halogens is 2. The summed E-state index contributed by atoms with van der Waals surface area (Å²) in [7, 11) is 0. The molecule has 8 heteroatoms. The third kappa shape index (κ3) is 3.31. The van der Waals surface area contributed by atoms with Crippen LogP contribution in [0, 0.1) is 0 Å². The van der Waals surface area contributed by atoms with Crippen LogP contribution in [0.2, 0.25) is 0 Å². The first-order valence-electron chi connectivity index (χ1n) is 5.44. The molecule has 2 amide bonds. The lowest BCUT2D eigenvalue weighted by atomic mass is 10.1. The Morgan fingerprint density at radius 3 is 2.79 bits per heavy atom. The van der Waals surface area contributed by atoms with E-state index in [2.05, 4.69) is 37.2 Å². The molecule has 5 nitrogen and oxygen atoms in total. The number of Topliss-reactive ketones (excluding diaryl/α,β-unsaturated/α-hetero) is 1. The van der Waals surface area contributed by atoms with Crippen LogP contribution in [0.3, 0.4) is 0 Å². The summed E-state index contributed by atoms with van der Waals surface area (Å²) in [6.07, 6.45) is 0. The summed E-state index contributed by atoms with van der Waals surface area (Å²) in [6.45, 7) is 1.78. The van der Waals surface area contributed by atoms with Crippen LogP contribution in [0.5, 0.6) is 0 Å². The van der Waals surface area contributed by atoms with E-state index >= 15 is 0 Å². The number of imide groups is 1. The number of carbonyl (C=O) groups excluding carboxylic acids is 3. The molecular formula is C11H10Br2N2O3S.